The van der Waals surface area contributed by atoms with Crippen LogP contribution in [0.1, 0.15) is 13.8 Å². The van der Waals surface area contributed by atoms with Gasteiger partial charge in [-0.1, -0.05) is 31.5 Å². The van der Waals surface area contributed by atoms with Crippen molar-refractivity contribution in [2.24, 2.45) is 17.3 Å². The molecule has 0 aliphatic heterocycles. The molecule has 2 nitrogen and oxygen atoms in total. The molecule has 6 heteroatoms. The molecule has 0 heterocycles. The third-order valence-electron chi connectivity index (χ3n) is 2.77. The molecular formula is C9H10ClF3O2. The van der Waals surface area contributed by atoms with Gasteiger partial charge >= 0.3 is 12.1 Å². The Bertz CT molecular complexity index is 320. The summed E-state index contributed by atoms with van der Waals surface area (Å²) in [5.74, 6) is -2.52. The molecule has 1 saturated carbocycles. The van der Waals surface area contributed by atoms with Crippen LogP contribution in [0.25, 0.3) is 0 Å². The lowest BCUT2D eigenvalue weighted by molar-refractivity contribution is -0.139. The Kier molecular flexibility index (Phi) is 2.80. The summed E-state index contributed by atoms with van der Waals surface area (Å²) in [5.41, 5.74) is -0.656. The number of aliphatic carboxylic acids is 1. The van der Waals surface area contributed by atoms with Gasteiger partial charge in [-0.3, -0.25) is 4.79 Å². The lowest BCUT2D eigenvalue weighted by Crippen LogP contribution is -2.07. The minimum Gasteiger partial charge on any atom is -0.481 e. The van der Waals surface area contributed by atoms with Crippen molar-refractivity contribution >= 4 is 17.6 Å². The fourth-order valence-electron chi connectivity index (χ4n) is 1.71. The number of carboxylic acid groups (broad SMARTS) is 1. The van der Waals surface area contributed by atoms with E-state index in [0.717, 1.165) is 6.08 Å². The lowest BCUT2D eigenvalue weighted by Gasteiger charge is -2.04. The molecule has 1 N–H and O–H groups in total. The molecule has 1 fully saturated rings. The molecule has 1 rings (SSSR count). The Morgan fingerprint density at radius 3 is 2.20 bits per heavy atom. The van der Waals surface area contributed by atoms with Crippen LogP contribution in [0.4, 0.5) is 13.2 Å². The van der Waals surface area contributed by atoms with Crippen LogP contribution in [0.15, 0.2) is 11.1 Å². The van der Waals surface area contributed by atoms with Gasteiger partial charge in [0.15, 0.2) is 0 Å². The number of carboxylic acids is 1. The first kappa shape index (κ1) is 12.4. The summed E-state index contributed by atoms with van der Waals surface area (Å²) in [6.45, 7) is 3.21. The summed E-state index contributed by atoms with van der Waals surface area (Å²) in [5, 5.41) is 7.48. The molecule has 1 unspecified atom stereocenters. The van der Waals surface area contributed by atoms with E-state index in [0.29, 0.717) is 0 Å². The second kappa shape index (κ2) is 3.40. The van der Waals surface area contributed by atoms with Gasteiger partial charge in [0, 0.05) is 0 Å². The number of carbonyl (C=O) groups is 1. The molecule has 0 aromatic heterocycles. The van der Waals surface area contributed by atoms with E-state index in [9.17, 15) is 18.0 Å². The van der Waals surface area contributed by atoms with Crippen molar-refractivity contribution in [3.63, 3.8) is 0 Å². The Morgan fingerprint density at radius 2 is 1.93 bits per heavy atom. The Balaban J connectivity index is 2.83. The summed E-state index contributed by atoms with van der Waals surface area (Å²) < 4.78 is 36.2. The van der Waals surface area contributed by atoms with E-state index in [-0.39, 0.29) is 0 Å². The molecule has 0 saturated heterocycles. The zero-order chi connectivity index (χ0) is 12.0. The van der Waals surface area contributed by atoms with Crippen molar-refractivity contribution in [3.8, 4) is 0 Å². The van der Waals surface area contributed by atoms with Gasteiger partial charge < -0.3 is 5.11 Å². The highest BCUT2D eigenvalue weighted by Gasteiger charge is 2.61. The number of rotatable bonds is 2. The highest BCUT2D eigenvalue weighted by atomic mass is 35.5. The van der Waals surface area contributed by atoms with Crippen molar-refractivity contribution < 1.29 is 23.1 Å². The van der Waals surface area contributed by atoms with Gasteiger partial charge in [0.2, 0.25) is 0 Å². The topological polar surface area (TPSA) is 37.3 Å². The first-order valence-corrected chi connectivity index (χ1v) is 4.63. The summed E-state index contributed by atoms with van der Waals surface area (Å²) in [4.78, 5) is 10.7. The monoisotopic (exact) mass is 242 g/mol. The standard InChI is InChI=1S/C9H10ClF3O2/c1-8(2)4(6(8)7(14)15)3-5(10)9(11,12)13/h3-4,6H,1-2H3,(H,14,15)/b5-3+/t4?,6-/m1/s1. The molecule has 86 valence electrons. The van der Waals surface area contributed by atoms with Crippen LogP contribution in [-0.4, -0.2) is 17.3 Å². The average Bonchev–Trinajstić information content (AvgIpc) is 2.50. The van der Waals surface area contributed by atoms with Crippen molar-refractivity contribution in [2.75, 3.05) is 0 Å². The largest absolute Gasteiger partial charge is 0.481 e. The van der Waals surface area contributed by atoms with Crippen molar-refractivity contribution in [1.82, 2.24) is 0 Å². The zero-order valence-electron chi connectivity index (χ0n) is 8.10. The molecule has 15 heavy (non-hydrogen) atoms. The van der Waals surface area contributed by atoms with E-state index in [2.05, 4.69) is 0 Å². The van der Waals surface area contributed by atoms with Gasteiger partial charge in [-0.2, -0.15) is 13.2 Å². The molecule has 0 aromatic rings. The highest BCUT2D eigenvalue weighted by molar-refractivity contribution is 6.30. The Hall–Kier alpha value is -0.710. The van der Waals surface area contributed by atoms with E-state index < -0.39 is 34.4 Å². The van der Waals surface area contributed by atoms with E-state index in [1.54, 1.807) is 13.8 Å². The summed E-state index contributed by atoms with van der Waals surface area (Å²) in [6, 6.07) is 0. The minimum absolute atomic E-state index is 0.649. The van der Waals surface area contributed by atoms with Crippen molar-refractivity contribution in [2.45, 2.75) is 20.0 Å². The van der Waals surface area contributed by atoms with Crippen LogP contribution < -0.4 is 0 Å². The van der Waals surface area contributed by atoms with Crippen LogP contribution in [0, 0.1) is 17.3 Å². The smallest absolute Gasteiger partial charge is 0.426 e. The number of hydrogen-bond acceptors (Lipinski definition) is 1. The maximum Gasteiger partial charge on any atom is 0.426 e. The van der Waals surface area contributed by atoms with Crippen LogP contribution in [0.5, 0.6) is 0 Å². The molecule has 2 atom stereocenters. The van der Waals surface area contributed by atoms with Crippen LogP contribution in [0.2, 0.25) is 0 Å². The second-order valence-electron chi connectivity index (χ2n) is 4.18. The van der Waals surface area contributed by atoms with Gasteiger partial charge in [-0.05, 0) is 11.3 Å². The predicted octanol–water partition coefficient (Wildman–Crippen LogP) is 3.03. The van der Waals surface area contributed by atoms with Crippen LogP contribution in [0.3, 0.4) is 0 Å². The summed E-state index contributed by atoms with van der Waals surface area (Å²) >= 11 is 5.03. The molecule has 0 radical (unpaired) electrons. The highest BCUT2D eigenvalue weighted by Crippen LogP contribution is 2.60. The Labute approximate surface area is 89.7 Å². The van der Waals surface area contributed by atoms with Crippen molar-refractivity contribution in [1.29, 1.82) is 0 Å². The SMILES string of the molecule is CC1(C)C(/C=C(/Cl)C(F)(F)F)[C@@H]1C(=O)O. The van der Waals surface area contributed by atoms with Gasteiger partial charge in [0.25, 0.3) is 0 Å². The molecular weight excluding hydrogens is 233 g/mol. The third kappa shape index (κ3) is 2.27. The lowest BCUT2D eigenvalue weighted by atomic mass is 10.1. The minimum atomic E-state index is -4.59. The first-order chi connectivity index (χ1) is 6.58. The fourth-order valence-corrected chi connectivity index (χ4v) is 1.85. The van der Waals surface area contributed by atoms with Crippen LogP contribution in [-0.2, 0) is 4.79 Å². The molecule has 1 aliphatic rings. The molecule has 0 aromatic carbocycles. The van der Waals surface area contributed by atoms with Gasteiger partial charge in [0.1, 0.15) is 5.03 Å². The van der Waals surface area contributed by atoms with Gasteiger partial charge in [0.05, 0.1) is 5.92 Å². The normalized spacial score (nSPS) is 30.1. The number of halogens is 4. The quantitative estimate of drug-likeness (QED) is 0.808. The summed E-state index contributed by atoms with van der Waals surface area (Å²) in [6.07, 6.45) is -3.80. The van der Waals surface area contributed by atoms with E-state index in [1.165, 1.54) is 0 Å². The van der Waals surface area contributed by atoms with Crippen LogP contribution >= 0.6 is 11.6 Å². The molecule has 0 bridgehead atoms. The second-order valence-corrected chi connectivity index (χ2v) is 4.58. The summed E-state index contributed by atoms with van der Waals surface area (Å²) in [7, 11) is 0. The van der Waals surface area contributed by atoms with E-state index >= 15 is 0 Å². The number of alkyl halides is 3. The third-order valence-corrected chi connectivity index (χ3v) is 3.11. The van der Waals surface area contributed by atoms with E-state index in [4.69, 9.17) is 16.7 Å². The number of hydrogen-bond donors (Lipinski definition) is 1. The average molecular weight is 243 g/mol. The Morgan fingerprint density at radius 1 is 1.47 bits per heavy atom. The first-order valence-electron chi connectivity index (χ1n) is 4.26. The van der Waals surface area contributed by atoms with Crippen molar-refractivity contribution in [3.05, 3.63) is 11.1 Å². The fraction of sp³-hybridized carbons (Fsp3) is 0.667. The predicted molar refractivity (Wildman–Crippen MR) is 48.4 cm³/mol. The molecule has 1 aliphatic carbocycles. The molecule has 0 amide bonds. The zero-order valence-corrected chi connectivity index (χ0v) is 8.86. The molecule has 0 spiro atoms. The van der Waals surface area contributed by atoms with E-state index in [1.807, 2.05) is 0 Å². The van der Waals surface area contributed by atoms with Gasteiger partial charge in [-0.25, -0.2) is 0 Å². The maximum atomic E-state index is 12.1. The maximum absolute atomic E-state index is 12.1. The number of allylic oxidation sites excluding steroid dienone is 2. The van der Waals surface area contributed by atoms with Gasteiger partial charge in [-0.15, -0.1) is 0 Å².